The van der Waals surface area contributed by atoms with Gasteiger partial charge in [0.05, 0.1) is 10.8 Å². The van der Waals surface area contributed by atoms with Crippen molar-refractivity contribution in [3.8, 4) is 0 Å². The predicted molar refractivity (Wildman–Crippen MR) is 95.1 cm³/mol. The first-order valence-electron chi connectivity index (χ1n) is 6.27. The van der Waals surface area contributed by atoms with Crippen molar-refractivity contribution in [1.29, 1.82) is 0 Å². The van der Waals surface area contributed by atoms with Crippen molar-refractivity contribution in [2.45, 2.75) is 18.0 Å². The molecule has 0 saturated carbocycles. The predicted octanol–water partition coefficient (Wildman–Crippen LogP) is 3.58. The molecule has 110 valence electrons. The summed E-state index contributed by atoms with van der Waals surface area (Å²) < 4.78 is 28.8. The van der Waals surface area contributed by atoms with Gasteiger partial charge in [-0.2, -0.15) is 0 Å². The van der Waals surface area contributed by atoms with Crippen LogP contribution in [-0.2, 0) is 10.0 Å². The average molecular weight is 479 g/mol. The second-order valence-corrected chi connectivity index (χ2v) is 8.94. The lowest BCUT2D eigenvalue weighted by atomic mass is 10.1. The number of allylic oxidation sites excluding steroid dienone is 1. The standard InChI is InChI=1S/C14H12BrIN2O2S/c1-9-2-4-11(5-3-9)21(19,20)18-8-13(16)12-6-10(15)7-17-14(12)18/h2-8,12,14H,1H3. The molecular formula is C14H12BrIN2O2S. The summed E-state index contributed by atoms with van der Waals surface area (Å²) in [6.07, 6.45) is 4.89. The fourth-order valence-corrected chi connectivity index (χ4v) is 5.15. The monoisotopic (exact) mass is 478 g/mol. The Morgan fingerprint density at radius 1 is 1.29 bits per heavy atom. The Kier molecular flexibility index (Phi) is 4.00. The third-order valence-electron chi connectivity index (χ3n) is 3.44. The first-order chi connectivity index (χ1) is 9.89. The van der Waals surface area contributed by atoms with Crippen LogP contribution in [0.4, 0.5) is 0 Å². The summed E-state index contributed by atoms with van der Waals surface area (Å²) in [5.74, 6) is -0.0230. The molecule has 2 aliphatic heterocycles. The number of rotatable bonds is 2. The highest BCUT2D eigenvalue weighted by atomic mass is 127. The third kappa shape index (κ3) is 2.70. The molecule has 1 aromatic carbocycles. The van der Waals surface area contributed by atoms with Gasteiger partial charge in [0.25, 0.3) is 10.0 Å². The van der Waals surface area contributed by atoms with Crippen molar-refractivity contribution >= 4 is 54.8 Å². The number of nitrogens with zero attached hydrogens (tertiary/aromatic N) is 2. The van der Waals surface area contributed by atoms with Crippen LogP contribution in [0.3, 0.4) is 0 Å². The number of benzene rings is 1. The summed E-state index contributed by atoms with van der Waals surface area (Å²) >= 11 is 5.56. The van der Waals surface area contributed by atoms with Crippen molar-refractivity contribution in [3.05, 3.63) is 50.2 Å². The van der Waals surface area contributed by atoms with Crippen molar-refractivity contribution in [1.82, 2.24) is 4.31 Å². The summed E-state index contributed by atoms with van der Waals surface area (Å²) in [7, 11) is -3.58. The van der Waals surface area contributed by atoms with Gasteiger partial charge >= 0.3 is 0 Å². The van der Waals surface area contributed by atoms with Gasteiger partial charge in [-0.05, 0) is 57.6 Å². The van der Waals surface area contributed by atoms with E-state index in [9.17, 15) is 8.42 Å². The van der Waals surface area contributed by atoms with Gasteiger partial charge in [0.1, 0.15) is 6.17 Å². The number of dihydropyridines is 1. The van der Waals surface area contributed by atoms with E-state index in [0.717, 1.165) is 13.6 Å². The number of sulfonamides is 1. The minimum Gasteiger partial charge on any atom is -0.265 e. The summed E-state index contributed by atoms with van der Waals surface area (Å²) in [6.45, 7) is 1.93. The zero-order chi connectivity index (χ0) is 15.2. The molecule has 0 spiro atoms. The zero-order valence-electron chi connectivity index (χ0n) is 11.1. The Labute approximate surface area is 146 Å². The lowest BCUT2D eigenvalue weighted by molar-refractivity contribution is 0.398. The van der Waals surface area contributed by atoms with Gasteiger partial charge in [-0.15, -0.1) is 0 Å². The molecule has 0 aromatic heterocycles. The molecule has 0 radical (unpaired) electrons. The number of hydrogen-bond acceptors (Lipinski definition) is 3. The Hall–Kier alpha value is -0.670. The molecule has 21 heavy (non-hydrogen) atoms. The molecule has 2 heterocycles. The van der Waals surface area contributed by atoms with Gasteiger partial charge in [0, 0.05) is 20.5 Å². The fraction of sp³-hybridized carbons (Fsp3) is 0.214. The average Bonchev–Trinajstić information content (AvgIpc) is 2.77. The number of fused-ring (bicyclic) bond motifs is 1. The minimum absolute atomic E-state index is 0.0230. The molecule has 0 saturated heterocycles. The number of halogens is 2. The van der Waals surface area contributed by atoms with E-state index in [-0.39, 0.29) is 10.8 Å². The minimum atomic E-state index is -3.58. The fourth-order valence-electron chi connectivity index (χ4n) is 2.31. The van der Waals surface area contributed by atoms with Gasteiger partial charge in [-0.25, -0.2) is 12.7 Å². The lowest BCUT2D eigenvalue weighted by Crippen LogP contribution is -2.36. The third-order valence-corrected chi connectivity index (χ3v) is 6.65. The molecule has 0 fully saturated rings. The smallest absolute Gasteiger partial charge is 0.265 e. The normalized spacial score (nSPS) is 24.6. The molecule has 2 atom stereocenters. The molecule has 0 N–H and O–H groups in total. The van der Waals surface area contributed by atoms with Gasteiger partial charge < -0.3 is 0 Å². The van der Waals surface area contributed by atoms with E-state index >= 15 is 0 Å². The Morgan fingerprint density at radius 3 is 2.62 bits per heavy atom. The summed E-state index contributed by atoms with van der Waals surface area (Å²) in [4.78, 5) is 4.65. The molecule has 1 aromatic rings. The zero-order valence-corrected chi connectivity index (χ0v) is 15.6. The summed E-state index contributed by atoms with van der Waals surface area (Å²) in [5.41, 5.74) is 1.03. The first-order valence-corrected chi connectivity index (χ1v) is 9.59. The SMILES string of the molecule is Cc1ccc(S(=O)(=O)N2C=C(I)C3C=C(Br)C=NC32)cc1. The second kappa shape index (κ2) is 5.51. The number of aryl methyl sites for hydroxylation is 1. The van der Waals surface area contributed by atoms with E-state index in [1.54, 1.807) is 36.7 Å². The second-order valence-electron chi connectivity index (χ2n) is 4.93. The molecule has 4 nitrogen and oxygen atoms in total. The maximum atomic E-state index is 12.8. The quantitative estimate of drug-likeness (QED) is 0.610. The maximum absolute atomic E-state index is 12.8. The van der Waals surface area contributed by atoms with Crippen LogP contribution < -0.4 is 0 Å². The first kappa shape index (κ1) is 15.2. The van der Waals surface area contributed by atoms with E-state index in [4.69, 9.17) is 0 Å². The van der Waals surface area contributed by atoms with E-state index in [1.807, 2.05) is 13.0 Å². The van der Waals surface area contributed by atoms with Gasteiger partial charge in [0.15, 0.2) is 0 Å². The number of hydrogen-bond donors (Lipinski definition) is 0. The number of aliphatic imine (C=N–C) groups is 1. The van der Waals surface area contributed by atoms with Crippen LogP contribution in [0.15, 0.2) is 54.5 Å². The van der Waals surface area contributed by atoms with Crippen LogP contribution in [-0.4, -0.2) is 25.1 Å². The molecule has 0 amide bonds. The molecule has 3 rings (SSSR count). The Balaban J connectivity index is 2.01. The topological polar surface area (TPSA) is 49.7 Å². The van der Waals surface area contributed by atoms with Crippen molar-refractivity contribution in [3.63, 3.8) is 0 Å². The maximum Gasteiger partial charge on any atom is 0.265 e. The molecule has 2 unspecified atom stereocenters. The van der Waals surface area contributed by atoms with Crippen molar-refractivity contribution in [2.24, 2.45) is 10.9 Å². The van der Waals surface area contributed by atoms with Crippen molar-refractivity contribution in [2.75, 3.05) is 0 Å². The Bertz CT molecular complexity index is 769. The highest BCUT2D eigenvalue weighted by molar-refractivity contribution is 14.1. The van der Waals surface area contributed by atoms with E-state index < -0.39 is 16.2 Å². The van der Waals surface area contributed by atoms with E-state index in [2.05, 4.69) is 43.5 Å². The molecule has 2 aliphatic rings. The summed E-state index contributed by atoms with van der Waals surface area (Å²) in [6, 6.07) is 6.87. The van der Waals surface area contributed by atoms with Crippen LogP contribution in [0.25, 0.3) is 0 Å². The summed E-state index contributed by atoms with van der Waals surface area (Å²) in [5, 5.41) is 0. The lowest BCUT2D eigenvalue weighted by Gasteiger charge is -2.26. The van der Waals surface area contributed by atoms with Crippen LogP contribution in [0, 0.1) is 12.8 Å². The van der Waals surface area contributed by atoms with Crippen LogP contribution in [0.1, 0.15) is 5.56 Å². The van der Waals surface area contributed by atoms with Crippen LogP contribution >= 0.6 is 38.5 Å². The van der Waals surface area contributed by atoms with Gasteiger partial charge in [-0.1, -0.05) is 23.8 Å². The van der Waals surface area contributed by atoms with Crippen LogP contribution in [0.5, 0.6) is 0 Å². The molecular weight excluding hydrogens is 467 g/mol. The van der Waals surface area contributed by atoms with Crippen molar-refractivity contribution < 1.29 is 8.42 Å². The van der Waals surface area contributed by atoms with E-state index in [1.165, 1.54) is 4.31 Å². The molecule has 0 aliphatic carbocycles. The molecule has 0 bridgehead atoms. The van der Waals surface area contributed by atoms with E-state index in [0.29, 0.717) is 0 Å². The highest BCUT2D eigenvalue weighted by Crippen LogP contribution is 2.40. The molecule has 7 heteroatoms. The van der Waals surface area contributed by atoms with Crippen LogP contribution in [0.2, 0.25) is 0 Å². The highest BCUT2D eigenvalue weighted by Gasteiger charge is 2.40. The van der Waals surface area contributed by atoms with Gasteiger partial charge in [0.2, 0.25) is 0 Å². The largest absolute Gasteiger partial charge is 0.265 e. The van der Waals surface area contributed by atoms with Gasteiger partial charge in [-0.3, -0.25) is 4.99 Å². The Morgan fingerprint density at radius 2 is 1.95 bits per heavy atom.